The average molecular weight is 298 g/mol. The fraction of sp³-hybridized carbons (Fsp3) is 0.0714. The minimum Gasteiger partial charge on any atom is -0.456 e. The van der Waals surface area contributed by atoms with E-state index in [1.807, 2.05) is 0 Å². The molecule has 0 amide bonds. The van der Waals surface area contributed by atoms with Crippen LogP contribution in [0.2, 0.25) is 0 Å². The summed E-state index contributed by atoms with van der Waals surface area (Å²) in [7, 11) is 0. The van der Waals surface area contributed by atoms with Crippen molar-refractivity contribution in [3.63, 3.8) is 0 Å². The standard InChI is InChI=1S/C14H10F4N2O/c15-10-2-1-3-11(12(10)13(19)20)21-9-6-4-8(5-7-9)14(16,17)18/h1-7H,(H3,19,20). The predicted octanol–water partition coefficient (Wildman–Crippen LogP) is 3.92. The Morgan fingerprint density at radius 1 is 1.05 bits per heavy atom. The molecule has 21 heavy (non-hydrogen) atoms. The molecule has 0 aliphatic carbocycles. The van der Waals surface area contributed by atoms with E-state index in [9.17, 15) is 17.6 Å². The summed E-state index contributed by atoms with van der Waals surface area (Å²) >= 11 is 0. The van der Waals surface area contributed by atoms with Crippen molar-refractivity contribution < 1.29 is 22.3 Å². The highest BCUT2D eigenvalue weighted by molar-refractivity contribution is 5.98. The SMILES string of the molecule is N=C(N)c1c(F)cccc1Oc1ccc(C(F)(F)F)cc1. The fourth-order valence-electron chi connectivity index (χ4n) is 1.69. The first kappa shape index (κ1) is 14.8. The first-order valence-corrected chi connectivity index (χ1v) is 5.77. The van der Waals surface area contributed by atoms with E-state index in [-0.39, 0.29) is 17.1 Å². The molecule has 2 aromatic rings. The van der Waals surface area contributed by atoms with E-state index >= 15 is 0 Å². The molecule has 3 N–H and O–H groups in total. The van der Waals surface area contributed by atoms with Gasteiger partial charge in [0.25, 0.3) is 0 Å². The molecule has 2 rings (SSSR count). The molecule has 110 valence electrons. The van der Waals surface area contributed by atoms with E-state index in [4.69, 9.17) is 15.9 Å². The molecule has 0 aromatic heterocycles. The van der Waals surface area contributed by atoms with Gasteiger partial charge in [-0.2, -0.15) is 13.2 Å². The van der Waals surface area contributed by atoms with E-state index in [0.717, 1.165) is 30.3 Å². The minimum absolute atomic E-state index is 0.0396. The van der Waals surface area contributed by atoms with E-state index < -0.39 is 23.4 Å². The first-order valence-electron chi connectivity index (χ1n) is 5.77. The Hall–Kier alpha value is -2.57. The fourth-order valence-corrected chi connectivity index (χ4v) is 1.69. The summed E-state index contributed by atoms with van der Waals surface area (Å²) in [4.78, 5) is 0. The molecule has 0 aliphatic rings. The van der Waals surface area contributed by atoms with Gasteiger partial charge in [0.15, 0.2) is 0 Å². The van der Waals surface area contributed by atoms with Crippen LogP contribution in [0.3, 0.4) is 0 Å². The molecule has 3 nitrogen and oxygen atoms in total. The number of nitrogens with one attached hydrogen (secondary N) is 1. The molecule has 0 saturated carbocycles. The van der Waals surface area contributed by atoms with Crippen LogP contribution < -0.4 is 10.5 Å². The van der Waals surface area contributed by atoms with Crippen molar-refractivity contribution in [1.29, 1.82) is 5.41 Å². The quantitative estimate of drug-likeness (QED) is 0.512. The third-order valence-electron chi connectivity index (χ3n) is 2.65. The largest absolute Gasteiger partial charge is 0.456 e. The maximum Gasteiger partial charge on any atom is 0.416 e. The Bertz CT molecular complexity index is 666. The number of rotatable bonds is 3. The molecule has 0 atom stereocenters. The van der Waals surface area contributed by atoms with Crippen LogP contribution in [-0.2, 0) is 6.18 Å². The Kier molecular flexibility index (Phi) is 3.84. The van der Waals surface area contributed by atoms with Crippen LogP contribution in [0.5, 0.6) is 11.5 Å². The number of nitrogens with two attached hydrogens (primary N) is 1. The van der Waals surface area contributed by atoms with Crippen molar-refractivity contribution in [3.05, 3.63) is 59.4 Å². The highest BCUT2D eigenvalue weighted by atomic mass is 19.4. The summed E-state index contributed by atoms with van der Waals surface area (Å²) in [5.41, 5.74) is 4.21. The van der Waals surface area contributed by atoms with Crippen LogP contribution >= 0.6 is 0 Å². The molecule has 0 heterocycles. The molecule has 0 unspecified atom stereocenters. The van der Waals surface area contributed by atoms with Crippen LogP contribution in [0.25, 0.3) is 0 Å². The van der Waals surface area contributed by atoms with Crippen LogP contribution in [0, 0.1) is 11.2 Å². The second-order valence-corrected chi connectivity index (χ2v) is 4.15. The highest BCUT2D eigenvalue weighted by Crippen LogP contribution is 2.32. The zero-order chi connectivity index (χ0) is 15.6. The molecule has 0 saturated heterocycles. The van der Waals surface area contributed by atoms with Crippen molar-refractivity contribution in [2.75, 3.05) is 0 Å². The van der Waals surface area contributed by atoms with E-state index in [0.29, 0.717) is 0 Å². The van der Waals surface area contributed by atoms with Gasteiger partial charge in [0.1, 0.15) is 23.2 Å². The summed E-state index contributed by atoms with van der Waals surface area (Å²) in [6, 6.07) is 7.74. The van der Waals surface area contributed by atoms with Crippen LogP contribution in [-0.4, -0.2) is 5.84 Å². The summed E-state index contributed by atoms with van der Waals surface area (Å²) in [5.74, 6) is -1.24. The predicted molar refractivity (Wildman–Crippen MR) is 68.9 cm³/mol. The Balaban J connectivity index is 2.31. The summed E-state index contributed by atoms with van der Waals surface area (Å²) in [6.07, 6.45) is -4.44. The lowest BCUT2D eigenvalue weighted by Gasteiger charge is -2.12. The Morgan fingerprint density at radius 3 is 2.19 bits per heavy atom. The second kappa shape index (κ2) is 5.43. The summed E-state index contributed by atoms with van der Waals surface area (Å²) < 4.78 is 56.2. The van der Waals surface area contributed by atoms with Gasteiger partial charge in [-0.15, -0.1) is 0 Å². The van der Waals surface area contributed by atoms with Gasteiger partial charge in [0.2, 0.25) is 0 Å². The average Bonchev–Trinajstić information content (AvgIpc) is 2.38. The first-order chi connectivity index (χ1) is 9.79. The lowest BCUT2D eigenvalue weighted by atomic mass is 10.1. The van der Waals surface area contributed by atoms with Gasteiger partial charge < -0.3 is 10.5 Å². The number of hydrogen-bond acceptors (Lipinski definition) is 2. The van der Waals surface area contributed by atoms with Crippen molar-refractivity contribution in [2.45, 2.75) is 6.18 Å². The third kappa shape index (κ3) is 3.31. The van der Waals surface area contributed by atoms with E-state index in [2.05, 4.69) is 0 Å². The number of hydrogen-bond donors (Lipinski definition) is 2. The second-order valence-electron chi connectivity index (χ2n) is 4.15. The zero-order valence-electron chi connectivity index (χ0n) is 10.5. The van der Waals surface area contributed by atoms with Crippen LogP contribution in [0.4, 0.5) is 17.6 Å². The van der Waals surface area contributed by atoms with Crippen molar-refractivity contribution >= 4 is 5.84 Å². The van der Waals surface area contributed by atoms with Gasteiger partial charge in [-0.1, -0.05) is 6.07 Å². The lowest BCUT2D eigenvalue weighted by molar-refractivity contribution is -0.137. The summed E-state index contributed by atoms with van der Waals surface area (Å²) in [5, 5.41) is 7.31. The molecular weight excluding hydrogens is 288 g/mol. The van der Waals surface area contributed by atoms with Gasteiger partial charge in [-0.05, 0) is 36.4 Å². The Labute approximate surface area is 117 Å². The monoisotopic (exact) mass is 298 g/mol. The molecular formula is C14H10F4N2O. The van der Waals surface area contributed by atoms with Gasteiger partial charge in [0, 0.05) is 0 Å². The molecule has 0 bridgehead atoms. The maximum atomic E-state index is 13.6. The highest BCUT2D eigenvalue weighted by Gasteiger charge is 2.30. The third-order valence-corrected chi connectivity index (χ3v) is 2.65. The Morgan fingerprint density at radius 2 is 1.67 bits per heavy atom. The summed E-state index contributed by atoms with van der Waals surface area (Å²) in [6.45, 7) is 0. The normalized spacial score (nSPS) is 11.2. The topological polar surface area (TPSA) is 59.1 Å². The van der Waals surface area contributed by atoms with Gasteiger partial charge >= 0.3 is 6.18 Å². The van der Waals surface area contributed by atoms with Gasteiger partial charge in [-0.25, -0.2) is 4.39 Å². The smallest absolute Gasteiger partial charge is 0.416 e. The van der Waals surface area contributed by atoms with E-state index in [1.54, 1.807) is 0 Å². The van der Waals surface area contributed by atoms with Crippen LogP contribution in [0.15, 0.2) is 42.5 Å². The number of ether oxygens (including phenoxy) is 1. The number of amidine groups is 1. The number of halogens is 4. The molecule has 0 aliphatic heterocycles. The number of nitrogen functional groups attached to an aromatic ring is 1. The van der Waals surface area contributed by atoms with E-state index in [1.165, 1.54) is 12.1 Å². The van der Waals surface area contributed by atoms with Crippen molar-refractivity contribution in [2.24, 2.45) is 5.73 Å². The molecule has 0 spiro atoms. The van der Waals surface area contributed by atoms with Crippen molar-refractivity contribution in [3.8, 4) is 11.5 Å². The molecule has 0 radical (unpaired) electrons. The van der Waals surface area contributed by atoms with Crippen molar-refractivity contribution in [1.82, 2.24) is 0 Å². The minimum atomic E-state index is -4.44. The maximum absolute atomic E-state index is 13.6. The number of alkyl halides is 3. The van der Waals surface area contributed by atoms with Gasteiger partial charge in [-0.3, -0.25) is 5.41 Å². The molecule has 7 heteroatoms. The molecule has 0 fully saturated rings. The molecule has 2 aromatic carbocycles. The van der Waals surface area contributed by atoms with Gasteiger partial charge in [0.05, 0.1) is 11.1 Å². The van der Waals surface area contributed by atoms with Crippen LogP contribution in [0.1, 0.15) is 11.1 Å². The zero-order valence-corrected chi connectivity index (χ0v) is 10.5. The lowest BCUT2D eigenvalue weighted by Crippen LogP contribution is -2.14. The number of benzene rings is 2.